The quantitative estimate of drug-likeness (QED) is 0.426. The van der Waals surface area contributed by atoms with Crippen molar-refractivity contribution in [1.29, 1.82) is 0 Å². The van der Waals surface area contributed by atoms with Crippen LogP contribution in [0.2, 0.25) is 0 Å². The number of anilines is 1. The lowest BCUT2D eigenvalue weighted by molar-refractivity contribution is -0.153. The second-order valence-electron chi connectivity index (χ2n) is 7.56. The van der Waals surface area contributed by atoms with Crippen LogP contribution in [0.1, 0.15) is 38.3 Å². The maximum Gasteiger partial charge on any atom is 0.321 e. The van der Waals surface area contributed by atoms with Gasteiger partial charge < -0.3 is 14.0 Å². The maximum atomic E-state index is 13.6. The molecule has 1 aromatic heterocycles. The first-order valence-corrected chi connectivity index (χ1v) is 10.7. The van der Waals surface area contributed by atoms with Crippen LogP contribution in [0.5, 0.6) is 5.75 Å². The van der Waals surface area contributed by atoms with Crippen LogP contribution in [0.4, 0.5) is 5.95 Å². The number of fused-ring (bicyclic) bond motifs is 3. The number of amides is 1. The molecule has 3 aromatic rings. The topological polar surface area (TPSA) is 73.7 Å². The highest BCUT2D eigenvalue weighted by Gasteiger charge is 2.47. The van der Waals surface area contributed by atoms with E-state index < -0.39 is 17.9 Å². The molecule has 1 aliphatic rings. The molecule has 7 nitrogen and oxygen atoms in total. The average Bonchev–Trinajstić information content (AvgIpc) is 3.17. The fourth-order valence-electron chi connectivity index (χ4n) is 4.18. The molecule has 31 heavy (non-hydrogen) atoms. The molecular weight excluding hydrogens is 394 g/mol. The Balaban J connectivity index is 1.95. The SMILES string of the molecule is CCCCN1C(=O)[C@H](C(=O)OCC)[C@@H](c2ccc(OC)cc2)n2c1nc1ccccc12. The van der Waals surface area contributed by atoms with Gasteiger partial charge in [-0.25, -0.2) is 4.98 Å². The number of methoxy groups -OCH3 is 1. The first-order chi connectivity index (χ1) is 15.1. The van der Waals surface area contributed by atoms with Crippen LogP contribution in [0.15, 0.2) is 48.5 Å². The summed E-state index contributed by atoms with van der Waals surface area (Å²) in [6.07, 6.45) is 1.74. The smallest absolute Gasteiger partial charge is 0.321 e. The van der Waals surface area contributed by atoms with Gasteiger partial charge in [0.15, 0.2) is 5.92 Å². The van der Waals surface area contributed by atoms with Gasteiger partial charge in [0.2, 0.25) is 11.9 Å². The Labute approximate surface area is 181 Å². The van der Waals surface area contributed by atoms with Gasteiger partial charge in [0.05, 0.1) is 30.8 Å². The van der Waals surface area contributed by atoms with Crippen LogP contribution in [-0.4, -0.2) is 41.7 Å². The van der Waals surface area contributed by atoms with E-state index in [9.17, 15) is 9.59 Å². The fraction of sp³-hybridized carbons (Fsp3) is 0.375. The van der Waals surface area contributed by atoms with E-state index in [1.807, 2.05) is 53.1 Å². The third kappa shape index (κ3) is 3.65. The van der Waals surface area contributed by atoms with Gasteiger partial charge in [-0.05, 0) is 43.2 Å². The van der Waals surface area contributed by atoms with Crippen LogP contribution >= 0.6 is 0 Å². The molecule has 2 heterocycles. The number of benzene rings is 2. The van der Waals surface area contributed by atoms with Crippen molar-refractivity contribution in [3.05, 3.63) is 54.1 Å². The van der Waals surface area contributed by atoms with Crippen molar-refractivity contribution in [3.8, 4) is 5.75 Å². The van der Waals surface area contributed by atoms with E-state index in [0.29, 0.717) is 18.2 Å². The van der Waals surface area contributed by atoms with Crippen molar-refractivity contribution in [2.45, 2.75) is 32.7 Å². The van der Waals surface area contributed by atoms with Crippen LogP contribution in [0, 0.1) is 5.92 Å². The number of aromatic nitrogens is 2. The summed E-state index contributed by atoms with van der Waals surface area (Å²) in [5.74, 6) is -0.496. The number of rotatable bonds is 7. The largest absolute Gasteiger partial charge is 0.497 e. The van der Waals surface area contributed by atoms with Crippen molar-refractivity contribution in [2.75, 3.05) is 25.2 Å². The van der Waals surface area contributed by atoms with E-state index in [1.165, 1.54) is 0 Å². The van der Waals surface area contributed by atoms with Crippen LogP contribution < -0.4 is 9.64 Å². The van der Waals surface area contributed by atoms with E-state index in [0.717, 1.165) is 29.4 Å². The number of hydrogen-bond donors (Lipinski definition) is 0. The second-order valence-corrected chi connectivity index (χ2v) is 7.56. The lowest BCUT2D eigenvalue weighted by Gasteiger charge is -2.38. The molecule has 0 unspecified atom stereocenters. The third-order valence-corrected chi connectivity index (χ3v) is 5.68. The first-order valence-electron chi connectivity index (χ1n) is 10.7. The second kappa shape index (κ2) is 8.79. The maximum absolute atomic E-state index is 13.6. The summed E-state index contributed by atoms with van der Waals surface area (Å²) in [4.78, 5) is 33.1. The number of imidazole rings is 1. The summed E-state index contributed by atoms with van der Waals surface area (Å²) < 4.78 is 12.7. The number of carbonyl (C=O) groups is 2. The van der Waals surface area contributed by atoms with Gasteiger partial charge in [0.1, 0.15) is 5.75 Å². The highest BCUT2D eigenvalue weighted by molar-refractivity contribution is 6.08. The summed E-state index contributed by atoms with van der Waals surface area (Å²) in [5, 5.41) is 0. The predicted molar refractivity (Wildman–Crippen MR) is 118 cm³/mol. The zero-order chi connectivity index (χ0) is 22.0. The summed E-state index contributed by atoms with van der Waals surface area (Å²) in [5.41, 5.74) is 2.49. The Hall–Kier alpha value is -3.35. The van der Waals surface area contributed by atoms with E-state index in [2.05, 4.69) is 6.92 Å². The fourth-order valence-corrected chi connectivity index (χ4v) is 4.18. The van der Waals surface area contributed by atoms with E-state index in [1.54, 1.807) is 18.9 Å². The highest BCUT2D eigenvalue weighted by Crippen LogP contribution is 2.41. The van der Waals surface area contributed by atoms with Gasteiger partial charge in [-0.3, -0.25) is 14.5 Å². The predicted octanol–water partition coefficient (Wildman–Crippen LogP) is 3.96. The third-order valence-electron chi connectivity index (χ3n) is 5.68. The van der Waals surface area contributed by atoms with E-state index in [4.69, 9.17) is 14.5 Å². The van der Waals surface area contributed by atoms with Gasteiger partial charge in [-0.1, -0.05) is 37.6 Å². The molecule has 0 saturated carbocycles. The van der Waals surface area contributed by atoms with Crippen molar-refractivity contribution >= 4 is 28.9 Å². The molecule has 0 spiro atoms. The van der Waals surface area contributed by atoms with E-state index >= 15 is 0 Å². The van der Waals surface area contributed by atoms with Gasteiger partial charge in [0, 0.05) is 6.54 Å². The molecule has 0 saturated heterocycles. The minimum absolute atomic E-state index is 0.213. The van der Waals surface area contributed by atoms with Crippen molar-refractivity contribution in [3.63, 3.8) is 0 Å². The number of carbonyl (C=O) groups excluding carboxylic acids is 2. The zero-order valence-corrected chi connectivity index (χ0v) is 18.1. The first kappa shape index (κ1) is 20.9. The highest BCUT2D eigenvalue weighted by atomic mass is 16.5. The Morgan fingerprint density at radius 3 is 2.52 bits per heavy atom. The molecule has 1 aliphatic heterocycles. The van der Waals surface area contributed by atoms with Crippen molar-refractivity contribution in [1.82, 2.24) is 9.55 Å². The molecule has 7 heteroatoms. The van der Waals surface area contributed by atoms with Crippen molar-refractivity contribution < 1.29 is 19.1 Å². The molecular formula is C24H27N3O4. The Morgan fingerprint density at radius 1 is 1.10 bits per heavy atom. The molecule has 0 aliphatic carbocycles. The average molecular weight is 421 g/mol. The standard InChI is InChI=1S/C24H27N3O4/c1-4-6-15-26-22(28)20(23(29)31-5-2)21(16-11-13-17(30-3)14-12-16)27-19-10-8-7-9-18(19)25-24(26)27/h7-14,20-21H,4-6,15H2,1-3H3/t20-,21-/m1/s1. The normalized spacial score (nSPS) is 18.2. The van der Waals surface area contributed by atoms with Crippen molar-refractivity contribution in [2.24, 2.45) is 5.92 Å². The number of ether oxygens (including phenoxy) is 2. The number of hydrogen-bond acceptors (Lipinski definition) is 5. The number of nitrogens with zero attached hydrogens (tertiary/aromatic N) is 3. The van der Waals surface area contributed by atoms with E-state index in [-0.39, 0.29) is 12.5 Å². The minimum atomic E-state index is -0.990. The molecule has 4 rings (SSSR count). The minimum Gasteiger partial charge on any atom is -0.497 e. The summed E-state index contributed by atoms with van der Waals surface area (Å²) in [6.45, 7) is 4.54. The van der Waals surface area contributed by atoms with Gasteiger partial charge in [-0.15, -0.1) is 0 Å². The molecule has 162 valence electrons. The molecule has 2 atom stereocenters. The van der Waals surface area contributed by atoms with Gasteiger partial charge in [-0.2, -0.15) is 0 Å². The van der Waals surface area contributed by atoms with Gasteiger partial charge >= 0.3 is 5.97 Å². The number of esters is 1. The molecule has 0 bridgehead atoms. The lowest BCUT2D eigenvalue weighted by Crippen LogP contribution is -2.50. The monoisotopic (exact) mass is 421 g/mol. The molecule has 1 amide bonds. The Bertz CT molecular complexity index is 1090. The number of para-hydroxylation sites is 2. The molecule has 0 N–H and O–H groups in total. The van der Waals surface area contributed by atoms with Gasteiger partial charge in [0.25, 0.3) is 0 Å². The summed E-state index contributed by atoms with van der Waals surface area (Å²) >= 11 is 0. The summed E-state index contributed by atoms with van der Waals surface area (Å²) in [6, 6.07) is 14.7. The number of unbranched alkanes of at least 4 members (excludes halogenated alkanes) is 1. The Morgan fingerprint density at radius 2 is 1.84 bits per heavy atom. The van der Waals surface area contributed by atoms with Crippen LogP contribution in [0.25, 0.3) is 11.0 Å². The molecule has 0 radical (unpaired) electrons. The zero-order valence-electron chi connectivity index (χ0n) is 18.1. The Kier molecular flexibility index (Phi) is 5.93. The molecule has 0 fully saturated rings. The lowest BCUT2D eigenvalue weighted by atomic mass is 9.89. The molecule has 2 aromatic carbocycles. The van der Waals surface area contributed by atoms with Crippen LogP contribution in [-0.2, 0) is 14.3 Å². The van der Waals surface area contributed by atoms with Crippen LogP contribution in [0.3, 0.4) is 0 Å². The summed E-state index contributed by atoms with van der Waals surface area (Å²) in [7, 11) is 1.60.